The average Bonchev–Trinajstić information content (AvgIpc) is 2.32. The van der Waals surface area contributed by atoms with Crippen molar-refractivity contribution in [3.63, 3.8) is 0 Å². The molecule has 0 bridgehead atoms. The van der Waals surface area contributed by atoms with Crippen LogP contribution in [0.2, 0.25) is 0 Å². The van der Waals surface area contributed by atoms with E-state index in [0.717, 1.165) is 25.3 Å². The van der Waals surface area contributed by atoms with E-state index in [2.05, 4.69) is 21.2 Å². The van der Waals surface area contributed by atoms with E-state index in [1.165, 1.54) is 6.07 Å². The highest BCUT2D eigenvalue weighted by Gasteiger charge is 2.13. The topological polar surface area (TPSA) is 64.4 Å². The van der Waals surface area contributed by atoms with Crippen molar-refractivity contribution in [2.75, 3.05) is 25.1 Å². The van der Waals surface area contributed by atoms with Crippen molar-refractivity contribution >= 4 is 27.3 Å². The van der Waals surface area contributed by atoms with Crippen LogP contribution in [0.15, 0.2) is 16.6 Å². The Kier molecular flexibility index (Phi) is 6.07. The number of rotatable bonds is 7. The monoisotopic (exact) mass is 316 g/mol. The summed E-state index contributed by atoms with van der Waals surface area (Å²) in [7, 11) is 0. The Labute approximate surface area is 115 Å². The molecule has 100 valence electrons. The van der Waals surface area contributed by atoms with Gasteiger partial charge in [-0.25, -0.2) is 0 Å². The second-order valence-corrected chi connectivity index (χ2v) is 4.71. The molecular weight excluding hydrogens is 300 g/mol. The van der Waals surface area contributed by atoms with E-state index in [-0.39, 0.29) is 10.6 Å². The number of aryl methyl sites for hydroxylation is 1. The van der Waals surface area contributed by atoms with E-state index < -0.39 is 0 Å². The van der Waals surface area contributed by atoms with E-state index in [1.54, 1.807) is 13.0 Å². The molecule has 1 N–H and O–H groups in total. The van der Waals surface area contributed by atoms with Gasteiger partial charge < -0.3 is 10.1 Å². The van der Waals surface area contributed by atoms with E-state index in [1.807, 2.05) is 6.92 Å². The second kappa shape index (κ2) is 7.33. The lowest BCUT2D eigenvalue weighted by Gasteiger charge is -2.10. The van der Waals surface area contributed by atoms with Crippen LogP contribution < -0.4 is 5.32 Å². The fourth-order valence-electron chi connectivity index (χ4n) is 1.54. The van der Waals surface area contributed by atoms with Gasteiger partial charge in [0.05, 0.1) is 4.92 Å². The molecule has 0 aliphatic carbocycles. The molecule has 1 rings (SSSR count). The number of anilines is 1. The maximum absolute atomic E-state index is 10.8. The molecule has 0 atom stereocenters. The normalized spacial score (nSPS) is 10.4. The van der Waals surface area contributed by atoms with Gasteiger partial charge in [0.15, 0.2) is 0 Å². The molecule has 0 aliphatic heterocycles. The number of ether oxygens (including phenoxy) is 1. The van der Waals surface area contributed by atoms with Crippen LogP contribution in [-0.4, -0.2) is 24.7 Å². The standard InChI is InChI=1S/C12H17BrN2O3/c1-3-18-6-4-5-14-11-7-9(2)12(15(16)17)8-10(11)13/h7-8,14H,3-6H2,1-2H3. The fraction of sp³-hybridized carbons (Fsp3) is 0.500. The zero-order chi connectivity index (χ0) is 13.5. The van der Waals surface area contributed by atoms with E-state index in [9.17, 15) is 10.1 Å². The number of nitrogens with one attached hydrogen (secondary N) is 1. The molecular formula is C12H17BrN2O3. The van der Waals surface area contributed by atoms with Gasteiger partial charge in [0.1, 0.15) is 0 Å². The Balaban J connectivity index is 2.62. The lowest BCUT2D eigenvalue weighted by atomic mass is 10.2. The van der Waals surface area contributed by atoms with Crippen molar-refractivity contribution in [3.05, 3.63) is 32.3 Å². The number of nitro groups is 1. The van der Waals surface area contributed by atoms with Crippen LogP contribution in [0.4, 0.5) is 11.4 Å². The second-order valence-electron chi connectivity index (χ2n) is 3.85. The summed E-state index contributed by atoms with van der Waals surface area (Å²) in [6.45, 7) is 5.91. The van der Waals surface area contributed by atoms with Crippen LogP contribution in [0.5, 0.6) is 0 Å². The summed E-state index contributed by atoms with van der Waals surface area (Å²) in [5.74, 6) is 0. The Morgan fingerprint density at radius 2 is 2.22 bits per heavy atom. The largest absolute Gasteiger partial charge is 0.384 e. The predicted molar refractivity (Wildman–Crippen MR) is 75.1 cm³/mol. The summed E-state index contributed by atoms with van der Waals surface area (Å²) in [6.07, 6.45) is 0.899. The molecule has 0 spiro atoms. The molecule has 1 aromatic rings. The van der Waals surface area contributed by atoms with Crippen LogP contribution >= 0.6 is 15.9 Å². The predicted octanol–water partition coefficient (Wildman–Crippen LogP) is 3.50. The van der Waals surface area contributed by atoms with Gasteiger partial charge in [0.25, 0.3) is 5.69 Å². The number of hydrogen-bond donors (Lipinski definition) is 1. The minimum absolute atomic E-state index is 0.127. The van der Waals surface area contributed by atoms with Gasteiger partial charge in [0, 0.05) is 41.5 Å². The fourth-order valence-corrected chi connectivity index (χ4v) is 2.02. The Morgan fingerprint density at radius 3 is 2.83 bits per heavy atom. The minimum atomic E-state index is -0.376. The molecule has 0 aromatic heterocycles. The highest BCUT2D eigenvalue weighted by molar-refractivity contribution is 9.10. The van der Waals surface area contributed by atoms with Gasteiger partial charge in [-0.2, -0.15) is 0 Å². The summed E-state index contributed by atoms with van der Waals surface area (Å²) in [4.78, 5) is 10.4. The molecule has 0 saturated heterocycles. The van der Waals surface area contributed by atoms with Gasteiger partial charge in [-0.3, -0.25) is 10.1 Å². The van der Waals surface area contributed by atoms with E-state index in [0.29, 0.717) is 16.6 Å². The lowest BCUT2D eigenvalue weighted by molar-refractivity contribution is -0.385. The Hall–Kier alpha value is -1.14. The number of nitro benzene ring substituents is 1. The van der Waals surface area contributed by atoms with Gasteiger partial charge in [-0.1, -0.05) is 0 Å². The smallest absolute Gasteiger partial charge is 0.273 e. The zero-order valence-corrected chi connectivity index (χ0v) is 12.1. The molecule has 0 radical (unpaired) electrons. The zero-order valence-electron chi connectivity index (χ0n) is 10.5. The van der Waals surface area contributed by atoms with Crippen LogP contribution in [-0.2, 0) is 4.74 Å². The number of halogens is 1. The lowest BCUT2D eigenvalue weighted by Crippen LogP contribution is -2.06. The first-order chi connectivity index (χ1) is 8.56. The molecule has 18 heavy (non-hydrogen) atoms. The maximum Gasteiger partial charge on any atom is 0.273 e. The van der Waals surface area contributed by atoms with Gasteiger partial charge in [-0.15, -0.1) is 0 Å². The molecule has 0 aliphatic rings. The SMILES string of the molecule is CCOCCCNc1cc(C)c([N+](=O)[O-])cc1Br. The van der Waals surface area contributed by atoms with Crippen molar-refractivity contribution in [3.8, 4) is 0 Å². The molecule has 0 unspecified atom stereocenters. The number of benzene rings is 1. The Bertz CT molecular complexity index is 424. The van der Waals surface area contributed by atoms with Crippen molar-refractivity contribution in [2.24, 2.45) is 0 Å². The number of hydrogen-bond acceptors (Lipinski definition) is 4. The van der Waals surface area contributed by atoms with Crippen molar-refractivity contribution < 1.29 is 9.66 Å². The summed E-state index contributed by atoms with van der Waals surface area (Å²) < 4.78 is 5.94. The van der Waals surface area contributed by atoms with Crippen LogP contribution in [0.25, 0.3) is 0 Å². The molecule has 6 heteroatoms. The molecule has 0 heterocycles. The first kappa shape index (κ1) is 14.9. The summed E-state index contributed by atoms with van der Waals surface area (Å²) in [6, 6.07) is 3.31. The first-order valence-electron chi connectivity index (χ1n) is 5.82. The highest BCUT2D eigenvalue weighted by atomic mass is 79.9. The minimum Gasteiger partial charge on any atom is -0.384 e. The third-order valence-electron chi connectivity index (χ3n) is 2.47. The van der Waals surface area contributed by atoms with Crippen molar-refractivity contribution in [2.45, 2.75) is 20.3 Å². The van der Waals surface area contributed by atoms with Gasteiger partial charge in [0.2, 0.25) is 0 Å². The van der Waals surface area contributed by atoms with Crippen molar-refractivity contribution in [1.29, 1.82) is 0 Å². The summed E-state index contributed by atoms with van der Waals surface area (Å²) in [5.41, 5.74) is 1.65. The van der Waals surface area contributed by atoms with E-state index >= 15 is 0 Å². The highest BCUT2D eigenvalue weighted by Crippen LogP contribution is 2.30. The summed E-state index contributed by atoms with van der Waals surface area (Å²) in [5, 5.41) is 14.0. The molecule has 0 saturated carbocycles. The maximum atomic E-state index is 10.8. The molecule has 5 nitrogen and oxygen atoms in total. The molecule has 0 amide bonds. The van der Waals surface area contributed by atoms with Gasteiger partial charge >= 0.3 is 0 Å². The van der Waals surface area contributed by atoms with Gasteiger partial charge in [-0.05, 0) is 42.3 Å². The Morgan fingerprint density at radius 1 is 1.50 bits per heavy atom. The van der Waals surface area contributed by atoms with Crippen LogP contribution in [0.3, 0.4) is 0 Å². The summed E-state index contributed by atoms with van der Waals surface area (Å²) >= 11 is 3.33. The molecule has 1 aromatic carbocycles. The molecule has 0 fully saturated rings. The third kappa shape index (κ3) is 4.27. The van der Waals surface area contributed by atoms with E-state index in [4.69, 9.17) is 4.74 Å². The third-order valence-corrected chi connectivity index (χ3v) is 3.12. The van der Waals surface area contributed by atoms with Crippen LogP contribution in [0.1, 0.15) is 18.9 Å². The first-order valence-corrected chi connectivity index (χ1v) is 6.61. The average molecular weight is 317 g/mol. The number of nitrogens with zero attached hydrogens (tertiary/aromatic N) is 1. The van der Waals surface area contributed by atoms with Crippen LogP contribution in [0, 0.1) is 17.0 Å². The quantitative estimate of drug-likeness (QED) is 0.475. The van der Waals surface area contributed by atoms with Crippen molar-refractivity contribution in [1.82, 2.24) is 0 Å².